The molecule has 1 rings (SSSR count). The van der Waals surface area contributed by atoms with Gasteiger partial charge in [0.15, 0.2) is 0 Å². The zero-order valence-corrected chi connectivity index (χ0v) is 13.6. The summed E-state index contributed by atoms with van der Waals surface area (Å²) in [5, 5.41) is 3.68. The molecule has 20 heavy (non-hydrogen) atoms. The number of unbranched alkanes of at least 4 members (excludes halogenated alkanes) is 4. The average Bonchev–Trinajstić information content (AvgIpc) is 2.47. The van der Waals surface area contributed by atoms with E-state index >= 15 is 0 Å². The highest BCUT2D eigenvalue weighted by Crippen LogP contribution is 2.18. The van der Waals surface area contributed by atoms with Gasteiger partial charge in [-0.25, -0.2) is 0 Å². The standard InChI is InChI=1S/C18H31NO/c1-5-6-7-8-9-10-15(2)19-16(3)17-11-13-18(20-4)14-12-17/h11-16,19H,5-10H2,1-4H3/t15?,16-/m1/s1. The maximum absolute atomic E-state index is 5.19. The molecule has 0 aliphatic heterocycles. The van der Waals surface area contributed by atoms with Gasteiger partial charge in [0.2, 0.25) is 0 Å². The molecule has 2 heteroatoms. The van der Waals surface area contributed by atoms with E-state index in [2.05, 4.69) is 38.2 Å². The summed E-state index contributed by atoms with van der Waals surface area (Å²) in [6.45, 7) is 6.79. The number of ether oxygens (including phenoxy) is 1. The Bertz CT molecular complexity index is 347. The molecular weight excluding hydrogens is 246 g/mol. The largest absolute Gasteiger partial charge is 0.497 e. The van der Waals surface area contributed by atoms with Crippen molar-refractivity contribution in [3.63, 3.8) is 0 Å². The van der Waals surface area contributed by atoms with Crippen molar-refractivity contribution in [1.82, 2.24) is 5.32 Å². The van der Waals surface area contributed by atoms with Crippen molar-refractivity contribution in [3.8, 4) is 5.75 Å². The number of benzene rings is 1. The molecule has 114 valence electrons. The summed E-state index contributed by atoms with van der Waals surface area (Å²) in [7, 11) is 1.71. The summed E-state index contributed by atoms with van der Waals surface area (Å²) in [6, 6.07) is 9.32. The second-order valence-electron chi connectivity index (χ2n) is 5.77. The molecule has 1 N–H and O–H groups in total. The first kappa shape index (κ1) is 17.0. The summed E-state index contributed by atoms with van der Waals surface area (Å²) >= 11 is 0. The number of rotatable bonds is 10. The minimum Gasteiger partial charge on any atom is -0.497 e. The van der Waals surface area contributed by atoms with E-state index in [1.54, 1.807) is 7.11 Å². The van der Waals surface area contributed by atoms with Crippen molar-refractivity contribution in [2.24, 2.45) is 0 Å². The van der Waals surface area contributed by atoms with Crippen LogP contribution in [0.2, 0.25) is 0 Å². The Labute approximate surface area is 124 Å². The number of hydrogen-bond acceptors (Lipinski definition) is 2. The third-order valence-electron chi connectivity index (χ3n) is 3.89. The summed E-state index contributed by atoms with van der Waals surface area (Å²) in [5.74, 6) is 0.921. The van der Waals surface area contributed by atoms with Crippen molar-refractivity contribution < 1.29 is 4.74 Å². The van der Waals surface area contributed by atoms with Gasteiger partial charge in [-0.05, 0) is 38.0 Å². The topological polar surface area (TPSA) is 21.3 Å². The number of hydrogen-bond donors (Lipinski definition) is 1. The van der Waals surface area contributed by atoms with Gasteiger partial charge in [-0.2, -0.15) is 0 Å². The van der Waals surface area contributed by atoms with Crippen LogP contribution in [0.1, 0.15) is 70.9 Å². The van der Waals surface area contributed by atoms with Crippen LogP contribution in [0.5, 0.6) is 5.75 Å². The fraction of sp³-hybridized carbons (Fsp3) is 0.667. The van der Waals surface area contributed by atoms with Crippen LogP contribution in [0.3, 0.4) is 0 Å². The highest BCUT2D eigenvalue weighted by Gasteiger charge is 2.09. The normalized spacial score (nSPS) is 14.0. The van der Waals surface area contributed by atoms with Crippen molar-refractivity contribution in [2.75, 3.05) is 7.11 Å². The molecule has 0 radical (unpaired) electrons. The molecule has 0 spiro atoms. The smallest absolute Gasteiger partial charge is 0.118 e. The highest BCUT2D eigenvalue weighted by atomic mass is 16.5. The van der Waals surface area contributed by atoms with Gasteiger partial charge >= 0.3 is 0 Å². The first-order chi connectivity index (χ1) is 9.67. The van der Waals surface area contributed by atoms with Gasteiger partial charge in [0.25, 0.3) is 0 Å². The van der Waals surface area contributed by atoms with Gasteiger partial charge < -0.3 is 10.1 Å². The Balaban J connectivity index is 2.27. The fourth-order valence-electron chi connectivity index (χ4n) is 2.55. The van der Waals surface area contributed by atoms with E-state index in [0.29, 0.717) is 12.1 Å². The van der Waals surface area contributed by atoms with E-state index in [1.165, 1.54) is 44.1 Å². The van der Waals surface area contributed by atoms with Crippen LogP contribution in [0.25, 0.3) is 0 Å². The van der Waals surface area contributed by atoms with E-state index in [9.17, 15) is 0 Å². The van der Waals surface area contributed by atoms with Crippen molar-refractivity contribution >= 4 is 0 Å². The summed E-state index contributed by atoms with van der Waals surface area (Å²) in [5.41, 5.74) is 1.32. The molecule has 0 saturated heterocycles. The van der Waals surface area contributed by atoms with Crippen LogP contribution in [-0.2, 0) is 0 Å². The van der Waals surface area contributed by atoms with Gasteiger partial charge in [-0.3, -0.25) is 0 Å². The maximum Gasteiger partial charge on any atom is 0.118 e. The monoisotopic (exact) mass is 277 g/mol. The van der Waals surface area contributed by atoms with Gasteiger partial charge in [0, 0.05) is 12.1 Å². The van der Waals surface area contributed by atoms with Crippen molar-refractivity contribution in [2.45, 2.75) is 71.4 Å². The van der Waals surface area contributed by atoms with Crippen LogP contribution >= 0.6 is 0 Å². The van der Waals surface area contributed by atoms with E-state index in [1.807, 2.05) is 12.1 Å². The van der Waals surface area contributed by atoms with E-state index in [4.69, 9.17) is 4.74 Å². The molecule has 1 unspecified atom stereocenters. The Morgan fingerprint density at radius 2 is 1.65 bits per heavy atom. The molecule has 2 atom stereocenters. The number of methoxy groups -OCH3 is 1. The number of nitrogens with one attached hydrogen (secondary N) is 1. The molecule has 0 heterocycles. The second kappa shape index (κ2) is 9.82. The highest BCUT2D eigenvalue weighted by molar-refractivity contribution is 5.28. The summed E-state index contributed by atoms with van der Waals surface area (Å²) in [6.07, 6.45) is 8.06. The second-order valence-corrected chi connectivity index (χ2v) is 5.77. The molecule has 0 saturated carbocycles. The Kier molecular flexibility index (Phi) is 8.36. The van der Waals surface area contributed by atoms with Crippen molar-refractivity contribution in [3.05, 3.63) is 29.8 Å². The predicted octanol–water partition coefficient (Wildman–Crippen LogP) is 5.09. The molecule has 1 aromatic rings. The Morgan fingerprint density at radius 1 is 1.00 bits per heavy atom. The molecule has 0 bridgehead atoms. The first-order valence-electron chi connectivity index (χ1n) is 8.07. The summed E-state index contributed by atoms with van der Waals surface area (Å²) < 4.78 is 5.19. The van der Waals surface area contributed by atoms with E-state index in [0.717, 1.165) is 5.75 Å². The summed E-state index contributed by atoms with van der Waals surface area (Å²) in [4.78, 5) is 0. The Hall–Kier alpha value is -1.02. The average molecular weight is 277 g/mol. The lowest BCUT2D eigenvalue weighted by Crippen LogP contribution is -2.28. The lowest BCUT2D eigenvalue weighted by molar-refractivity contribution is 0.413. The lowest BCUT2D eigenvalue weighted by Gasteiger charge is -2.20. The molecule has 0 aromatic heterocycles. The minimum absolute atomic E-state index is 0.395. The van der Waals surface area contributed by atoms with Gasteiger partial charge in [0.1, 0.15) is 5.75 Å². The molecule has 0 aliphatic carbocycles. The van der Waals surface area contributed by atoms with Crippen LogP contribution in [0, 0.1) is 0 Å². The molecule has 1 aromatic carbocycles. The van der Waals surface area contributed by atoms with Crippen LogP contribution < -0.4 is 10.1 Å². The van der Waals surface area contributed by atoms with Crippen LogP contribution in [0.4, 0.5) is 0 Å². The minimum atomic E-state index is 0.395. The molecular formula is C18H31NO. The molecule has 0 amide bonds. The quantitative estimate of drug-likeness (QED) is 0.601. The third-order valence-corrected chi connectivity index (χ3v) is 3.89. The van der Waals surface area contributed by atoms with Gasteiger partial charge in [-0.15, -0.1) is 0 Å². The molecule has 0 fully saturated rings. The Morgan fingerprint density at radius 3 is 2.25 bits per heavy atom. The van der Waals surface area contributed by atoms with Crippen LogP contribution in [0.15, 0.2) is 24.3 Å². The fourth-order valence-corrected chi connectivity index (χ4v) is 2.55. The van der Waals surface area contributed by atoms with Gasteiger partial charge in [-0.1, -0.05) is 51.2 Å². The maximum atomic E-state index is 5.19. The third kappa shape index (κ3) is 6.42. The van der Waals surface area contributed by atoms with Crippen LogP contribution in [-0.4, -0.2) is 13.2 Å². The van der Waals surface area contributed by atoms with E-state index < -0.39 is 0 Å². The molecule has 0 aliphatic rings. The zero-order chi connectivity index (χ0) is 14.8. The zero-order valence-electron chi connectivity index (χ0n) is 13.6. The molecule has 2 nitrogen and oxygen atoms in total. The van der Waals surface area contributed by atoms with E-state index in [-0.39, 0.29) is 0 Å². The lowest BCUT2D eigenvalue weighted by atomic mass is 10.0. The van der Waals surface area contributed by atoms with Crippen molar-refractivity contribution in [1.29, 1.82) is 0 Å². The predicted molar refractivity (Wildman–Crippen MR) is 87.4 cm³/mol. The van der Waals surface area contributed by atoms with Gasteiger partial charge in [0.05, 0.1) is 7.11 Å². The first-order valence-corrected chi connectivity index (χ1v) is 8.07. The SMILES string of the molecule is CCCCCCCC(C)N[C@H](C)c1ccc(OC)cc1.